The molecule has 0 aliphatic carbocycles. The van der Waals surface area contributed by atoms with Crippen LogP contribution in [0.2, 0.25) is 0 Å². The van der Waals surface area contributed by atoms with Crippen LogP contribution in [0.15, 0.2) is 0 Å². The molecule has 29 heavy (non-hydrogen) atoms. The minimum atomic E-state index is -1.33. The number of amides is 1. The van der Waals surface area contributed by atoms with Crippen LogP contribution in [0, 0.1) is 5.92 Å². The van der Waals surface area contributed by atoms with Crippen LogP contribution in [0.3, 0.4) is 0 Å². The number of carbonyl (C=O) groups excluding carboxylic acids is 1. The molecule has 1 aliphatic rings. The normalized spacial score (nSPS) is 27.3. The van der Waals surface area contributed by atoms with E-state index in [1.54, 1.807) is 0 Å². The predicted octanol–water partition coefficient (Wildman–Crippen LogP) is -0.957. The highest BCUT2D eigenvalue weighted by Gasteiger charge is 2.45. The Bertz CT molecular complexity index is 438. The monoisotopic (exact) mass is 423 g/mol. The number of nitrogens with one attached hydrogen (secondary N) is 1. The number of ether oxygens (including phenoxy) is 5. The van der Waals surface area contributed by atoms with E-state index in [0.29, 0.717) is 32.3 Å². The van der Waals surface area contributed by atoms with Crippen molar-refractivity contribution < 1.29 is 43.8 Å². The molecule has 0 aromatic rings. The summed E-state index contributed by atoms with van der Waals surface area (Å²) >= 11 is 0. The molecule has 1 aliphatic heterocycles. The topological polar surface area (TPSA) is 136 Å². The fourth-order valence-electron chi connectivity index (χ4n) is 2.70. The molecule has 0 aromatic heterocycles. The van der Waals surface area contributed by atoms with Crippen LogP contribution in [0.25, 0.3) is 0 Å². The fourth-order valence-corrected chi connectivity index (χ4v) is 2.70. The van der Waals surface area contributed by atoms with Gasteiger partial charge in [-0.15, -0.1) is 0 Å². The van der Waals surface area contributed by atoms with Crippen LogP contribution in [0.1, 0.15) is 27.2 Å². The van der Waals surface area contributed by atoms with Crippen molar-refractivity contribution >= 4 is 5.91 Å². The van der Waals surface area contributed by atoms with Crippen LogP contribution in [0.5, 0.6) is 0 Å². The summed E-state index contributed by atoms with van der Waals surface area (Å²) in [6.45, 7) is 8.11. The van der Waals surface area contributed by atoms with Crippen molar-refractivity contribution in [2.24, 2.45) is 5.92 Å². The molecule has 5 atom stereocenters. The zero-order valence-corrected chi connectivity index (χ0v) is 17.6. The van der Waals surface area contributed by atoms with Crippen molar-refractivity contribution in [1.82, 2.24) is 5.32 Å². The summed E-state index contributed by atoms with van der Waals surface area (Å²) in [7, 11) is 0. The van der Waals surface area contributed by atoms with Crippen LogP contribution in [0.4, 0.5) is 0 Å². The molecule has 1 saturated heterocycles. The first-order valence-electron chi connectivity index (χ1n) is 10.1. The standard InChI is InChI=1S/C19H37NO9/c1-13(2)4-5-25-6-7-26-8-9-27-10-11-28-19-16(20-14(3)22)18(24)17(23)15(12-21)29-19/h13,15-19,21,23-24H,4-12H2,1-3H3,(H,20,22)/t15-,16-,17+,18-,19?/m1/s1. The lowest BCUT2D eigenvalue weighted by molar-refractivity contribution is -0.272. The van der Waals surface area contributed by atoms with Gasteiger partial charge in [-0.25, -0.2) is 0 Å². The highest BCUT2D eigenvalue weighted by Crippen LogP contribution is 2.22. The SMILES string of the molecule is CC(=O)N[C@H]1C(OCCOCCOCCOCCC(C)C)O[C@H](CO)[C@H](O)[C@@H]1O. The Morgan fingerprint density at radius 3 is 2.03 bits per heavy atom. The molecule has 172 valence electrons. The Morgan fingerprint density at radius 2 is 1.52 bits per heavy atom. The van der Waals surface area contributed by atoms with E-state index in [-0.39, 0.29) is 13.2 Å². The van der Waals surface area contributed by atoms with Gasteiger partial charge in [0, 0.05) is 13.5 Å². The number of hydrogen-bond acceptors (Lipinski definition) is 9. The third-order valence-corrected chi connectivity index (χ3v) is 4.34. The summed E-state index contributed by atoms with van der Waals surface area (Å²) < 4.78 is 27.2. The molecule has 1 heterocycles. The summed E-state index contributed by atoms with van der Waals surface area (Å²) in [5.41, 5.74) is 0. The minimum absolute atomic E-state index is 0.139. The number of rotatable bonds is 15. The van der Waals surface area contributed by atoms with Crippen molar-refractivity contribution in [3.8, 4) is 0 Å². The van der Waals surface area contributed by atoms with Crippen molar-refractivity contribution in [3.05, 3.63) is 0 Å². The Morgan fingerprint density at radius 1 is 0.966 bits per heavy atom. The molecule has 0 saturated carbocycles. The Hall–Kier alpha value is -0.850. The average Bonchev–Trinajstić information content (AvgIpc) is 2.67. The molecular weight excluding hydrogens is 386 g/mol. The molecule has 1 rings (SSSR count). The summed E-state index contributed by atoms with van der Waals surface area (Å²) in [6, 6.07) is -0.954. The average molecular weight is 424 g/mol. The smallest absolute Gasteiger partial charge is 0.217 e. The van der Waals surface area contributed by atoms with Gasteiger partial charge in [-0.2, -0.15) is 0 Å². The van der Waals surface area contributed by atoms with Gasteiger partial charge in [-0.05, 0) is 12.3 Å². The van der Waals surface area contributed by atoms with Crippen molar-refractivity contribution in [1.29, 1.82) is 0 Å². The fraction of sp³-hybridized carbons (Fsp3) is 0.947. The third kappa shape index (κ3) is 10.7. The maximum atomic E-state index is 11.3. The highest BCUT2D eigenvalue weighted by atomic mass is 16.7. The van der Waals surface area contributed by atoms with Gasteiger partial charge < -0.3 is 44.3 Å². The zero-order valence-electron chi connectivity index (χ0n) is 17.6. The predicted molar refractivity (Wildman–Crippen MR) is 103 cm³/mol. The van der Waals surface area contributed by atoms with E-state index in [4.69, 9.17) is 23.7 Å². The summed E-state index contributed by atoms with van der Waals surface area (Å²) in [5.74, 6) is 0.226. The van der Waals surface area contributed by atoms with Gasteiger partial charge >= 0.3 is 0 Å². The summed E-state index contributed by atoms with van der Waals surface area (Å²) in [5, 5.41) is 31.9. The van der Waals surface area contributed by atoms with Crippen LogP contribution in [-0.2, 0) is 28.5 Å². The first kappa shape index (κ1) is 26.2. The Labute approximate surface area is 172 Å². The molecule has 0 aromatic carbocycles. The van der Waals surface area contributed by atoms with Gasteiger partial charge in [-0.3, -0.25) is 4.79 Å². The van der Waals surface area contributed by atoms with Crippen LogP contribution >= 0.6 is 0 Å². The van der Waals surface area contributed by atoms with Gasteiger partial charge in [0.2, 0.25) is 5.91 Å². The molecule has 0 bridgehead atoms. The molecule has 10 heteroatoms. The largest absolute Gasteiger partial charge is 0.394 e. The Balaban J connectivity index is 2.15. The van der Waals surface area contributed by atoms with E-state index in [1.807, 2.05) is 0 Å². The van der Waals surface area contributed by atoms with Crippen molar-refractivity contribution in [3.63, 3.8) is 0 Å². The second-order valence-corrected chi connectivity index (χ2v) is 7.32. The van der Waals surface area contributed by atoms with E-state index in [9.17, 15) is 20.1 Å². The minimum Gasteiger partial charge on any atom is -0.394 e. The van der Waals surface area contributed by atoms with Crippen LogP contribution < -0.4 is 5.32 Å². The van der Waals surface area contributed by atoms with Crippen molar-refractivity contribution in [2.75, 3.05) is 52.9 Å². The first-order valence-corrected chi connectivity index (χ1v) is 10.1. The number of aliphatic hydroxyl groups is 3. The van der Waals surface area contributed by atoms with Crippen LogP contribution in [-0.4, -0.2) is 105 Å². The molecule has 0 spiro atoms. The lowest BCUT2D eigenvalue weighted by Gasteiger charge is -2.42. The van der Waals surface area contributed by atoms with Gasteiger partial charge in [0.15, 0.2) is 6.29 Å². The molecule has 1 fully saturated rings. The number of hydrogen-bond donors (Lipinski definition) is 4. The van der Waals surface area contributed by atoms with Gasteiger partial charge in [0.05, 0.1) is 46.2 Å². The van der Waals surface area contributed by atoms with Gasteiger partial charge in [0.25, 0.3) is 0 Å². The van der Waals surface area contributed by atoms with Gasteiger partial charge in [0.1, 0.15) is 24.4 Å². The zero-order chi connectivity index (χ0) is 21.6. The van der Waals surface area contributed by atoms with E-state index in [0.717, 1.165) is 13.0 Å². The second-order valence-electron chi connectivity index (χ2n) is 7.32. The van der Waals surface area contributed by atoms with E-state index in [1.165, 1.54) is 6.92 Å². The maximum Gasteiger partial charge on any atom is 0.217 e. The lowest BCUT2D eigenvalue weighted by Crippen LogP contribution is -2.64. The van der Waals surface area contributed by atoms with Crippen molar-refractivity contribution in [2.45, 2.75) is 57.8 Å². The third-order valence-electron chi connectivity index (χ3n) is 4.34. The quantitative estimate of drug-likeness (QED) is 0.246. The highest BCUT2D eigenvalue weighted by molar-refractivity contribution is 5.73. The lowest BCUT2D eigenvalue weighted by atomic mass is 9.97. The second kappa shape index (κ2) is 15.0. The molecule has 10 nitrogen and oxygen atoms in total. The number of carbonyl (C=O) groups is 1. The molecular formula is C19H37NO9. The summed E-state index contributed by atoms with van der Waals surface area (Å²) in [4.78, 5) is 11.3. The molecule has 1 unspecified atom stereocenters. The molecule has 0 radical (unpaired) electrons. The van der Waals surface area contributed by atoms with E-state index < -0.39 is 43.2 Å². The van der Waals surface area contributed by atoms with E-state index in [2.05, 4.69) is 19.2 Å². The number of aliphatic hydroxyl groups excluding tert-OH is 3. The van der Waals surface area contributed by atoms with E-state index >= 15 is 0 Å². The first-order chi connectivity index (χ1) is 13.9. The Kier molecular flexibility index (Phi) is 13.6. The van der Waals surface area contributed by atoms with Gasteiger partial charge in [-0.1, -0.05) is 13.8 Å². The molecule has 4 N–H and O–H groups in total. The molecule has 1 amide bonds. The maximum absolute atomic E-state index is 11.3. The summed E-state index contributed by atoms with van der Waals surface area (Å²) in [6.07, 6.45) is -3.65.